The molecule has 0 N–H and O–H groups in total. The normalized spacial score (nSPS) is 12.2. The summed E-state index contributed by atoms with van der Waals surface area (Å²) in [4.78, 5) is 13.7. The molecule has 88 valence electrons. The van der Waals surface area contributed by atoms with E-state index in [1.165, 1.54) is 0 Å². The Kier molecular flexibility index (Phi) is 5.10. The highest BCUT2D eigenvalue weighted by Gasteiger charge is 2.21. The Morgan fingerprint density at radius 1 is 1.38 bits per heavy atom. The molecule has 0 spiro atoms. The van der Waals surface area contributed by atoms with Crippen molar-refractivity contribution in [1.82, 2.24) is 4.90 Å². The van der Waals surface area contributed by atoms with Crippen molar-refractivity contribution >= 4 is 29.1 Å². The number of nitrogens with zero attached hydrogens (tertiary/aromatic N) is 1. The maximum Gasteiger partial charge on any atom is 0.245 e. The van der Waals surface area contributed by atoms with Gasteiger partial charge in [-0.3, -0.25) is 4.79 Å². The van der Waals surface area contributed by atoms with Crippen molar-refractivity contribution in [3.8, 4) is 0 Å². The smallest absolute Gasteiger partial charge is 0.245 e. The van der Waals surface area contributed by atoms with Gasteiger partial charge in [0.05, 0.1) is 0 Å². The molecule has 1 amide bonds. The minimum absolute atomic E-state index is 0.0751. The van der Waals surface area contributed by atoms with Crippen LogP contribution in [0.5, 0.6) is 0 Å². The molecule has 0 aliphatic carbocycles. The summed E-state index contributed by atoms with van der Waals surface area (Å²) in [5.74, 6) is -0.0751. The first kappa shape index (κ1) is 13.3. The summed E-state index contributed by atoms with van der Waals surface area (Å²) in [6.45, 7) is 5.20. The Morgan fingerprint density at radius 3 is 2.50 bits per heavy atom. The molecule has 1 aromatic carbocycles. The van der Waals surface area contributed by atoms with E-state index in [9.17, 15) is 4.79 Å². The molecule has 0 saturated heterocycles. The molecular weight excluding hydrogens is 245 g/mol. The monoisotopic (exact) mass is 259 g/mol. The fourth-order valence-corrected chi connectivity index (χ4v) is 1.97. The number of alkyl halides is 1. The molecule has 1 rings (SSSR count). The third-order valence-corrected chi connectivity index (χ3v) is 3.11. The summed E-state index contributed by atoms with van der Waals surface area (Å²) in [5, 5.41) is -0.0610. The van der Waals surface area contributed by atoms with Crippen LogP contribution in [0.3, 0.4) is 0 Å². The fraction of sp³-hybridized carbons (Fsp3) is 0.417. The molecule has 0 radical (unpaired) electrons. The van der Waals surface area contributed by atoms with E-state index in [-0.39, 0.29) is 5.91 Å². The van der Waals surface area contributed by atoms with Crippen molar-refractivity contribution in [2.45, 2.75) is 19.2 Å². The summed E-state index contributed by atoms with van der Waals surface area (Å²) in [6, 6.07) is 7.09. The molecule has 0 bridgehead atoms. The zero-order valence-corrected chi connectivity index (χ0v) is 10.9. The van der Waals surface area contributed by atoms with Crippen LogP contribution in [0.25, 0.3) is 0 Å². The lowest BCUT2D eigenvalue weighted by molar-refractivity contribution is -0.130. The second kappa shape index (κ2) is 6.12. The van der Waals surface area contributed by atoms with Gasteiger partial charge in [-0.15, -0.1) is 11.6 Å². The number of likely N-dealkylation sites (N-methyl/N-ethyl adjacent to an activating group) is 1. The number of halogens is 2. The molecule has 0 fully saturated rings. The number of amides is 1. The van der Waals surface area contributed by atoms with Crippen LogP contribution in [0, 0.1) is 0 Å². The van der Waals surface area contributed by atoms with Gasteiger partial charge in [-0.2, -0.15) is 0 Å². The van der Waals surface area contributed by atoms with Crippen LogP contribution in [-0.4, -0.2) is 23.9 Å². The lowest BCUT2D eigenvalue weighted by Gasteiger charge is -2.21. The van der Waals surface area contributed by atoms with Crippen LogP contribution in [0.4, 0.5) is 0 Å². The average Bonchev–Trinajstić information content (AvgIpc) is 2.29. The summed E-state index contributed by atoms with van der Waals surface area (Å²) >= 11 is 12.0. The molecule has 1 aromatic rings. The van der Waals surface area contributed by atoms with E-state index in [2.05, 4.69) is 0 Å². The van der Waals surface area contributed by atoms with E-state index < -0.39 is 5.38 Å². The SMILES string of the molecule is CCN(CC)C(=O)C(Cl)c1cccc(Cl)c1. The summed E-state index contributed by atoms with van der Waals surface area (Å²) < 4.78 is 0. The van der Waals surface area contributed by atoms with E-state index >= 15 is 0 Å². The van der Waals surface area contributed by atoms with E-state index in [4.69, 9.17) is 23.2 Å². The van der Waals surface area contributed by atoms with Gasteiger partial charge in [0, 0.05) is 18.1 Å². The zero-order chi connectivity index (χ0) is 12.1. The molecule has 4 heteroatoms. The molecule has 0 aliphatic heterocycles. The minimum atomic E-state index is -0.654. The van der Waals surface area contributed by atoms with Gasteiger partial charge in [-0.25, -0.2) is 0 Å². The Hall–Kier alpha value is -0.730. The molecule has 0 saturated carbocycles. The third-order valence-electron chi connectivity index (χ3n) is 2.43. The molecular formula is C12H15Cl2NO. The first-order valence-corrected chi connectivity index (χ1v) is 6.09. The topological polar surface area (TPSA) is 20.3 Å². The maximum absolute atomic E-state index is 12.0. The van der Waals surface area contributed by atoms with Gasteiger partial charge >= 0.3 is 0 Å². The average molecular weight is 260 g/mol. The number of rotatable bonds is 4. The number of carbonyl (C=O) groups is 1. The van der Waals surface area contributed by atoms with Crippen LogP contribution in [0.2, 0.25) is 5.02 Å². The van der Waals surface area contributed by atoms with Crippen LogP contribution in [-0.2, 0) is 4.79 Å². The van der Waals surface area contributed by atoms with Gasteiger partial charge in [0.2, 0.25) is 5.91 Å². The second-order valence-electron chi connectivity index (χ2n) is 3.43. The molecule has 0 aliphatic rings. The maximum atomic E-state index is 12.0. The molecule has 0 aromatic heterocycles. The third kappa shape index (κ3) is 3.13. The van der Waals surface area contributed by atoms with E-state index in [0.717, 1.165) is 5.56 Å². The Morgan fingerprint density at radius 2 is 2.00 bits per heavy atom. The first-order chi connectivity index (χ1) is 7.60. The van der Waals surface area contributed by atoms with Crippen LogP contribution >= 0.6 is 23.2 Å². The number of benzene rings is 1. The Bertz CT molecular complexity index is 364. The van der Waals surface area contributed by atoms with Gasteiger partial charge in [0.25, 0.3) is 0 Å². The first-order valence-electron chi connectivity index (χ1n) is 5.28. The van der Waals surface area contributed by atoms with E-state index in [1.54, 1.807) is 23.1 Å². The van der Waals surface area contributed by atoms with Crippen LogP contribution in [0.1, 0.15) is 24.8 Å². The fourth-order valence-electron chi connectivity index (χ4n) is 1.50. The minimum Gasteiger partial charge on any atom is -0.342 e. The van der Waals surface area contributed by atoms with Crippen molar-refractivity contribution in [2.75, 3.05) is 13.1 Å². The summed E-state index contributed by atoms with van der Waals surface area (Å²) in [6.07, 6.45) is 0. The highest BCUT2D eigenvalue weighted by Crippen LogP contribution is 2.25. The van der Waals surface area contributed by atoms with Gasteiger partial charge in [0.15, 0.2) is 0 Å². The molecule has 16 heavy (non-hydrogen) atoms. The van der Waals surface area contributed by atoms with Crippen LogP contribution in [0.15, 0.2) is 24.3 Å². The lowest BCUT2D eigenvalue weighted by atomic mass is 10.1. The highest BCUT2D eigenvalue weighted by atomic mass is 35.5. The number of hydrogen-bond donors (Lipinski definition) is 0. The highest BCUT2D eigenvalue weighted by molar-refractivity contribution is 6.32. The molecule has 1 unspecified atom stereocenters. The quantitative estimate of drug-likeness (QED) is 0.759. The van der Waals surface area contributed by atoms with Crippen molar-refractivity contribution in [3.05, 3.63) is 34.9 Å². The van der Waals surface area contributed by atoms with Gasteiger partial charge in [0.1, 0.15) is 5.38 Å². The lowest BCUT2D eigenvalue weighted by Crippen LogP contribution is -2.33. The van der Waals surface area contributed by atoms with Crippen molar-refractivity contribution in [3.63, 3.8) is 0 Å². The molecule has 1 atom stereocenters. The van der Waals surface area contributed by atoms with E-state index in [1.807, 2.05) is 19.9 Å². The van der Waals surface area contributed by atoms with Crippen LogP contribution < -0.4 is 0 Å². The second-order valence-corrected chi connectivity index (χ2v) is 4.30. The number of carbonyl (C=O) groups excluding carboxylic acids is 1. The predicted molar refractivity (Wildman–Crippen MR) is 68.0 cm³/mol. The standard InChI is InChI=1S/C12H15Cl2NO/c1-3-15(4-2)12(16)11(14)9-6-5-7-10(13)8-9/h5-8,11H,3-4H2,1-2H3. The molecule has 0 heterocycles. The summed E-state index contributed by atoms with van der Waals surface area (Å²) in [7, 11) is 0. The van der Waals surface area contributed by atoms with Crippen molar-refractivity contribution in [2.24, 2.45) is 0 Å². The van der Waals surface area contributed by atoms with Gasteiger partial charge in [-0.1, -0.05) is 23.7 Å². The Labute approximate surface area is 106 Å². The van der Waals surface area contributed by atoms with E-state index in [0.29, 0.717) is 18.1 Å². The summed E-state index contributed by atoms with van der Waals surface area (Å²) in [5.41, 5.74) is 0.742. The Balaban J connectivity index is 2.85. The predicted octanol–water partition coefficient (Wildman–Crippen LogP) is 3.49. The van der Waals surface area contributed by atoms with Gasteiger partial charge in [-0.05, 0) is 31.5 Å². The molecule has 2 nitrogen and oxygen atoms in total. The van der Waals surface area contributed by atoms with Crippen molar-refractivity contribution < 1.29 is 4.79 Å². The van der Waals surface area contributed by atoms with Crippen molar-refractivity contribution in [1.29, 1.82) is 0 Å². The largest absolute Gasteiger partial charge is 0.342 e. The van der Waals surface area contributed by atoms with Gasteiger partial charge < -0.3 is 4.90 Å². The zero-order valence-electron chi connectivity index (χ0n) is 9.41. The number of hydrogen-bond acceptors (Lipinski definition) is 1.